The van der Waals surface area contributed by atoms with E-state index in [0.29, 0.717) is 17.3 Å². The number of rotatable bonds is 1. The van der Waals surface area contributed by atoms with E-state index in [2.05, 4.69) is 19.2 Å². The third-order valence-corrected chi connectivity index (χ3v) is 3.51. The van der Waals surface area contributed by atoms with Gasteiger partial charge < -0.3 is 10.1 Å². The fourth-order valence-corrected chi connectivity index (χ4v) is 2.58. The molecule has 0 radical (unpaired) electrons. The van der Waals surface area contributed by atoms with Crippen LogP contribution in [0.5, 0.6) is 0 Å². The van der Waals surface area contributed by atoms with E-state index in [1.54, 1.807) is 0 Å². The van der Waals surface area contributed by atoms with Gasteiger partial charge in [0.25, 0.3) is 0 Å². The fraction of sp³-hybridized carbons (Fsp3) is 0.889. The molecule has 2 rings (SSSR count). The van der Waals surface area contributed by atoms with Crippen LogP contribution in [0.25, 0.3) is 0 Å². The van der Waals surface area contributed by atoms with E-state index >= 15 is 0 Å². The molecule has 2 fully saturated rings. The van der Waals surface area contributed by atoms with Gasteiger partial charge in [-0.2, -0.15) is 0 Å². The molecule has 13 heavy (non-hydrogen) atoms. The Labute approximate surface area is 84.6 Å². The van der Waals surface area contributed by atoms with E-state index in [-0.39, 0.29) is 24.4 Å². The van der Waals surface area contributed by atoms with Crippen LogP contribution in [-0.4, -0.2) is 25.7 Å². The number of halogens is 1. The summed E-state index contributed by atoms with van der Waals surface area (Å²) in [6, 6.07) is -0.0463. The first-order valence-electron chi connectivity index (χ1n) is 4.40. The van der Waals surface area contributed by atoms with Gasteiger partial charge in [-0.1, -0.05) is 13.8 Å². The van der Waals surface area contributed by atoms with Crippen LogP contribution in [0.4, 0.5) is 0 Å². The number of nitrogens with one attached hydrogen (secondary N) is 1. The zero-order valence-electron chi connectivity index (χ0n) is 8.16. The average Bonchev–Trinajstić information content (AvgIpc) is 2.52. The molecule has 1 aliphatic carbocycles. The molecule has 4 heteroatoms. The number of esters is 1. The molecule has 1 saturated heterocycles. The van der Waals surface area contributed by atoms with E-state index < -0.39 is 0 Å². The third-order valence-electron chi connectivity index (χ3n) is 3.51. The van der Waals surface area contributed by atoms with Gasteiger partial charge in [0.1, 0.15) is 6.04 Å². The van der Waals surface area contributed by atoms with Crippen molar-refractivity contribution >= 4 is 18.4 Å². The monoisotopic (exact) mass is 205 g/mol. The predicted molar refractivity (Wildman–Crippen MR) is 51.8 cm³/mol. The Morgan fingerprint density at radius 2 is 2.15 bits per heavy atom. The largest absolute Gasteiger partial charge is 0.468 e. The first-order valence-corrected chi connectivity index (χ1v) is 4.40. The van der Waals surface area contributed by atoms with Crippen molar-refractivity contribution in [2.45, 2.75) is 19.9 Å². The van der Waals surface area contributed by atoms with Crippen LogP contribution in [0.15, 0.2) is 0 Å². The summed E-state index contributed by atoms with van der Waals surface area (Å²) in [6.45, 7) is 5.41. The van der Waals surface area contributed by atoms with Crippen LogP contribution in [0.2, 0.25) is 0 Å². The Balaban J connectivity index is 0.000000845. The van der Waals surface area contributed by atoms with Crippen molar-refractivity contribution in [1.29, 1.82) is 0 Å². The normalized spacial score (nSPS) is 38.8. The molecular formula is C9H16ClNO2. The minimum absolute atomic E-state index is 0. The Morgan fingerprint density at radius 1 is 1.54 bits per heavy atom. The lowest BCUT2D eigenvalue weighted by atomic mass is 10.0. The van der Waals surface area contributed by atoms with Crippen molar-refractivity contribution in [3.05, 3.63) is 0 Å². The maximum absolute atomic E-state index is 11.3. The molecule has 0 bridgehead atoms. The van der Waals surface area contributed by atoms with Crippen molar-refractivity contribution in [3.63, 3.8) is 0 Å². The number of hydrogen-bond donors (Lipinski definition) is 1. The van der Waals surface area contributed by atoms with Gasteiger partial charge in [-0.05, 0) is 23.8 Å². The molecule has 0 amide bonds. The van der Waals surface area contributed by atoms with Crippen molar-refractivity contribution in [1.82, 2.24) is 5.32 Å². The summed E-state index contributed by atoms with van der Waals surface area (Å²) in [5, 5.41) is 3.19. The van der Waals surface area contributed by atoms with Crippen molar-refractivity contribution in [2.24, 2.45) is 17.3 Å². The summed E-state index contributed by atoms with van der Waals surface area (Å²) in [5.74, 6) is 1.08. The number of fused-ring (bicyclic) bond motifs is 1. The summed E-state index contributed by atoms with van der Waals surface area (Å²) in [4.78, 5) is 11.3. The first-order chi connectivity index (χ1) is 5.59. The number of methoxy groups -OCH3 is 1. The number of carbonyl (C=O) groups is 1. The Kier molecular flexibility index (Phi) is 2.61. The summed E-state index contributed by atoms with van der Waals surface area (Å²) < 4.78 is 4.72. The molecule has 0 unspecified atom stereocenters. The standard InChI is InChI=1S/C9H15NO2.ClH/c1-9(2)5-4-10-7(6(5)9)8(11)12-3;/h5-7,10H,4H2,1-3H3;1H/t5-,6-,7+;/m1./s1. The van der Waals surface area contributed by atoms with Gasteiger partial charge in [0, 0.05) is 0 Å². The summed E-state index contributed by atoms with van der Waals surface area (Å²) >= 11 is 0. The zero-order chi connectivity index (χ0) is 8.93. The molecule has 1 aliphatic heterocycles. The first kappa shape index (κ1) is 10.8. The second-order valence-corrected chi connectivity index (χ2v) is 4.36. The van der Waals surface area contributed by atoms with Gasteiger partial charge in [-0.25, -0.2) is 0 Å². The maximum atomic E-state index is 11.3. The molecule has 1 N–H and O–H groups in total. The van der Waals surface area contributed by atoms with E-state index in [1.165, 1.54) is 7.11 Å². The molecular weight excluding hydrogens is 190 g/mol. The van der Waals surface area contributed by atoms with Crippen LogP contribution in [0, 0.1) is 17.3 Å². The van der Waals surface area contributed by atoms with Gasteiger partial charge in [0.15, 0.2) is 0 Å². The van der Waals surface area contributed by atoms with Crippen LogP contribution < -0.4 is 5.32 Å². The van der Waals surface area contributed by atoms with Crippen molar-refractivity contribution < 1.29 is 9.53 Å². The van der Waals surface area contributed by atoms with Gasteiger partial charge in [-0.3, -0.25) is 4.79 Å². The lowest BCUT2D eigenvalue weighted by molar-refractivity contribution is -0.143. The highest BCUT2D eigenvalue weighted by Gasteiger charge is 2.66. The number of hydrogen-bond acceptors (Lipinski definition) is 3. The van der Waals surface area contributed by atoms with Crippen LogP contribution >= 0.6 is 12.4 Å². The van der Waals surface area contributed by atoms with E-state index in [9.17, 15) is 4.79 Å². The highest BCUT2D eigenvalue weighted by molar-refractivity contribution is 5.85. The van der Waals surface area contributed by atoms with Crippen LogP contribution in [0.3, 0.4) is 0 Å². The molecule has 76 valence electrons. The molecule has 0 aromatic carbocycles. The SMILES string of the molecule is COC(=O)[C@H]1NC[C@@H]2[C@H]1C2(C)C.Cl. The Bertz CT molecular complexity index is 230. The molecule has 3 atom stereocenters. The molecule has 1 heterocycles. The Hall–Kier alpha value is -0.280. The quantitative estimate of drug-likeness (QED) is 0.645. The maximum Gasteiger partial charge on any atom is 0.323 e. The van der Waals surface area contributed by atoms with E-state index in [0.717, 1.165) is 6.54 Å². The number of piperidine rings is 1. The van der Waals surface area contributed by atoms with Crippen LogP contribution in [-0.2, 0) is 9.53 Å². The highest BCUT2D eigenvalue weighted by Crippen LogP contribution is 2.62. The summed E-state index contributed by atoms with van der Waals surface area (Å²) in [6.07, 6.45) is 0. The fourth-order valence-electron chi connectivity index (χ4n) is 2.58. The average molecular weight is 206 g/mol. The number of carbonyl (C=O) groups excluding carboxylic acids is 1. The van der Waals surface area contributed by atoms with Gasteiger partial charge in [0.05, 0.1) is 7.11 Å². The third kappa shape index (κ3) is 1.34. The van der Waals surface area contributed by atoms with Gasteiger partial charge >= 0.3 is 5.97 Å². The number of ether oxygens (including phenoxy) is 1. The highest BCUT2D eigenvalue weighted by atomic mass is 35.5. The van der Waals surface area contributed by atoms with Crippen molar-refractivity contribution in [2.75, 3.05) is 13.7 Å². The molecule has 0 aromatic rings. The van der Waals surface area contributed by atoms with Crippen LogP contribution in [0.1, 0.15) is 13.8 Å². The minimum Gasteiger partial charge on any atom is -0.468 e. The molecule has 3 nitrogen and oxygen atoms in total. The Morgan fingerprint density at radius 3 is 2.54 bits per heavy atom. The van der Waals surface area contributed by atoms with E-state index in [1.807, 2.05) is 0 Å². The van der Waals surface area contributed by atoms with E-state index in [4.69, 9.17) is 4.74 Å². The second-order valence-electron chi connectivity index (χ2n) is 4.36. The lowest BCUT2D eigenvalue weighted by Crippen LogP contribution is -2.38. The van der Waals surface area contributed by atoms with Crippen molar-refractivity contribution in [3.8, 4) is 0 Å². The minimum atomic E-state index is -0.104. The second kappa shape index (κ2) is 3.14. The predicted octanol–water partition coefficient (Wildman–Crippen LogP) is 0.825. The smallest absolute Gasteiger partial charge is 0.323 e. The lowest BCUT2D eigenvalue weighted by Gasteiger charge is -2.16. The molecule has 1 saturated carbocycles. The molecule has 0 spiro atoms. The van der Waals surface area contributed by atoms with Gasteiger partial charge in [-0.15, -0.1) is 12.4 Å². The zero-order valence-corrected chi connectivity index (χ0v) is 8.98. The summed E-state index contributed by atoms with van der Waals surface area (Å²) in [5.41, 5.74) is 0.351. The summed E-state index contributed by atoms with van der Waals surface area (Å²) in [7, 11) is 1.45. The topological polar surface area (TPSA) is 38.3 Å². The molecule has 0 aromatic heterocycles. The molecule has 2 aliphatic rings. The van der Waals surface area contributed by atoms with Gasteiger partial charge in [0.2, 0.25) is 0 Å².